The molecule has 1 atom stereocenters. The van der Waals surface area contributed by atoms with E-state index in [1.807, 2.05) is 29.4 Å². The van der Waals surface area contributed by atoms with E-state index in [1.165, 1.54) is 10.8 Å². The summed E-state index contributed by atoms with van der Waals surface area (Å²) in [4.78, 5) is 26.0. The van der Waals surface area contributed by atoms with Crippen LogP contribution in [0.25, 0.3) is 10.8 Å². The van der Waals surface area contributed by atoms with Crippen LogP contribution in [0.1, 0.15) is 18.4 Å². The number of likely N-dealkylation sites (tertiary alicyclic amines) is 1. The molecule has 3 rings (SSSR count). The molecule has 126 valence electrons. The molecule has 2 aromatic rings. The van der Waals surface area contributed by atoms with Gasteiger partial charge in [0.15, 0.2) is 0 Å². The predicted octanol–water partition coefficient (Wildman–Crippen LogP) is 2.81. The van der Waals surface area contributed by atoms with E-state index in [0.717, 1.165) is 11.3 Å². The van der Waals surface area contributed by atoms with E-state index < -0.39 is 0 Å². The number of amides is 2. The number of rotatable bonds is 6. The van der Waals surface area contributed by atoms with Gasteiger partial charge in [-0.2, -0.15) is 11.8 Å². The summed E-state index contributed by atoms with van der Waals surface area (Å²) in [5, 5.41) is 5.35. The van der Waals surface area contributed by atoms with Crippen LogP contribution in [0.3, 0.4) is 0 Å². The Kier molecular flexibility index (Phi) is 5.41. The topological polar surface area (TPSA) is 49.4 Å². The molecule has 1 fully saturated rings. The molecular formula is C19H22N2O2S. The number of fused-ring (bicyclic) bond motifs is 1. The molecule has 0 saturated carbocycles. The van der Waals surface area contributed by atoms with Crippen LogP contribution in [0.4, 0.5) is 0 Å². The minimum absolute atomic E-state index is 0.0363. The summed E-state index contributed by atoms with van der Waals surface area (Å²) in [6.45, 7) is 1.18. The third-order valence-corrected chi connectivity index (χ3v) is 4.97. The lowest BCUT2D eigenvalue weighted by molar-refractivity contribution is -0.128. The predicted molar refractivity (Wildman–Crippen MR) is 98.9 cm³/mol. The number of nitrogens with one attached hydrogen (secondary N) is 1. The molecule has 0 bridgehead atoms. The average molecular weight is 342 g/mol. The van der Waals surface area contributed by atoms with Crippen molar-refractivity contribution in [3.05, 3.63) is 48.0 Å². The highest BCUT2D eigenvalue weighted by atomic mass is 32.2. The van der Waals surface area contributed by atoms with Gasteiger partial charge in [-0.3, -0.25) is 9.59 Å². The molecule has 0 spiro atoms. The van der Waals surface area contributed by atoms with Crippen LogP contribution in [0.15, 0.2) is 42.5 Å². The molecule has 5 heteroatoms. The third-order valence-electron chi connectivity index (χ3n) is 4.35. The quantitative estimate of drug-likeness (QED) is 0.878. The van der Waals surface area contributed by atoms with E-state index in [4.69, 9.17) is 0 Å². The summed E-state index contributed by atoms with van der Waals surface area (Å²) < 4.78 is 0. The van der Waals surface area contributed by atoms with Gasteiger partial charge in [-0.1, -0.05) is 42.5 Å². The number of benzene rings is 2. The number of nitrogens with zero attached hydrogens (tertiary/aromatic N) is 1. The monoisotopic (exact) mass is 342 g/mol. The van der Waals surface area contributed by atoms with Crippen LogP contribution >= 0.6 is 11.8 Å². The van der Waals surface area contributed by atoms with Crippen molar-refractivity contribution in [2.45, 2.75) is 25.4 Å². The Bertz CT molecular complexity index is 742. The Balaban J connectivity index is 1.65. The largest absolute Gasteiger partial charge is 0.351 e. The standard InChI is InChI=1S/C19H22N2O2S/c1-24-10-9-18(22)20-16-11-19(23)21(13-16)12-15-7-4-6-14-5-2-3-8-17(14)15/h2-8,16H,9-13H2,1H3,(H,20,22)/t16-/m0/s1. The van der Waals surface area contributed by atoms with Crippen LogP contribution in [0.2, 0.25) is 0 Å². The summed E-state index contributed by atoms with van der Waals surface area (Å²) in [6, 6.07) is 14.3. The molecule has 0 unspecified atom stereocenters. The van der Waals surface area contributed by atoms with Gasteiger partial charge in [0.2, 0.25) is 11.8 Å². The van der Waals surface area contributed by atoms with Gasteiger partial charge < -0.3 is 10.2 Å². The van der Waals surface area contributed by atoms with E-state index in [9.17, 15) is 9.59 Å². The highest BCUT2D eigenvalue weighted by molar-refractivity contribution is 7.98. The molecule has 1 N–H and O–H groups in total. The van der Waals surface area contributed by atoms with Crippen LogP contribution < -0.4 is 5.32 Å². The minimum Gasteiger partial charge on any atom is -0.351 e. The first kappa shape index (κ1) is 16.8. The van der Waals surface area contributed by atoms with Crippen LogP contribution in [0, 0.1) is 0 Å². The molecule has 2 aromatic carbocycles. The van der Waals surface area contributed by atoms with Crippen LogP contribution in [-0.2, 0) is 16.1 Å². The highest BCUT2D eigenvalue weighted by Gasteiger charge is 2.30. The minimum atomic E-state index is -0.0677. The zero-order chi connectivity index (χ0) is 16.9. The number of thioether (sulfide) groups is 1. The fraction of sp³-hybridized carbons (Fsp3) is 0.368. The molecule has 4 nitrogen and oxygen atoms in total. The van der Waals surface area contributed by atoms with E-state index in [0.29, 0.717) is 25.9 Å². The maximum atomic E-state index is 12.3. The van der Waals surface area contributed by atoms with Crippen molar-refractivity contribution in [1.82, 2.24) is 10.2 Å². The summed E-state index contributed by atoms with van der Waals surface area (Å²) in [7, 11) is 0. The molecule has 1 heterocycles. The van der Waals surface area contributed by atoms with Crippen LogP contribution in [-0.4, -0.2) is 41.3 Å². The molecule has 24 heavy (non-hydrogen) atoms. The summed E-state index contributed by atoms with van der Waals surface area (Å²) in [6.07, 6.45) is 2.89. The SMILES string of the molecule is CSCCC(=O)N[C@H]1CC(=O)N(Cc2cccc3ccccc23)C1. The van der Waals surface area contributed by atoms with Crippen molar-refractivity contribution in [1.29, 1.82) is 0 Å². The second kappa shape index (κ2) is 7.71. The highest BCUT2D eigenvalue weighted by Crippen LogP contribution is 2.22. The number of carbonyl (C=O) groups excluding carboxylic acids is 2. The molecule has 0 aromatic heterocycles. The van der Waals surface area contributed by atoms with Crippen molar-refractivity contribution >= 4 is 34.3 Å². The number of hydrogen-bond acceptors (Lipinski definition) is 3. The first-order valence-corrected chi connectivity index (χ1v) is 9.59. The zero-order valence-corrected chi connectivity index (χ0v) is 14.6. The summed E-state index contributed by atoms with van der Waals surface area (Å²) in [5.41, 5.74) is 1.15. The van der Waals surface area contributed by atoms with Crippen molar-refractivity contribution in [2.75, 3.05) is 18.6 Å². The summed E-state index contributed by atoms with van der Waals surface area (Å²) in [5.74, 6) is 0.957. The lowest BCUT2D eigenvalue weighted by Gasteiger charge is -2.18. The van der Waals surface area contributed by atoms with E-state index in [2.05, 4.69) is 29.6 Å². The first-order valence-electron chi connectivity index (χ1n) is 8.20. The molecule has 1 aliphatic rings. The van der Waals surface area contributed by atoms with Gasteiger partial charge >= 0.3 is 0 Å². The van der Waals surface area contributed by atoms with Gasteiger partial charge in [-0.05, 0) is 22.6 Å². The third kappa shape index (κ3) is 3.90. The van der Waals surface area contributed by atoms with Gasteiger partial charge in [0.25, 0.3) is 0 Å². The lowest BCUT2D eigenvalue weighted by Crippen LogP contribution is -2.37. The Hall–Kier alpha value is -2.01. The molecule has 1 aliphatic heterocycles. The second-order valence-electron chi connectivity index (χ2n) is 6.12. The van der Waals surface area contributed by atoms with Crippen molar-refractivity contribution in [3.63, 3.8) is 0 Å². The average Bonchev–Trinajstić information content (AvgIpc) is 2.92. The van der Waals surface area contributed by atoms with Gasteiger partial charge in [0.05, 0.1) is 6.04 Å². The van der Waals surface area contributed by atoms with Gasteiger partial charge in [0.1, 0.15) is 0 Å². The zero-order valence-electron chi connectivity index (χ0n) is 13.8. The van der Waals surface area contributed by atoms with Crippen molar-refractivity contribution < 1.29 is 9.59 Å². The molecule has 2 amide bonds. The fourth-order valence-corrected chi connectivity index (χ4v) is 3.54. The van der Waals surface area contributed by atoms with E-state index >= 15 is 0 Å². The Labute approximate surface area is 146 Å². The Morgan fingerprint density at radius 2 is 2.04 bits per heavy atom. The number of hydrogen-bond donors (Lipinski definition) is 1. The summed E-state index contributed by atoms with van der Waals surface area (Å²) >= 11 is 1.65. The van der Waals surface area contributed by atoms with Crippen LogP contribution in [0.5, 0.6) is 0 Å². The fourth-order valence-electron chi connectivity index (χ4n) is 3.15. The Morgan fingerprint density at radius 1 is 1.25 bits per heavy atom. The van der Waals surface area contributed by atoms with Gasteiger partial charge in [-0.15, -0.1) is 0 Å². The van der Waals surface area contributed by atoms with Crippen molar-refractivity contribution in [3.8, 4) is 0 Å². The normalized spacial score (nSPS) is 17.5. The molecule has 0 radical (unpaired) electrons. The Morgan fingerprint density at radius 3 is 2.88 bits per heavy atom. The number of carbonyl (C=O) groups is 2. The maximum absolute atomic E-state index is 12.3. The first-order chi connectivity index (χ1) is 11.7. The van der Waals surface area contributed by atoms with Crippen molar-refractivity contribution in [2.24, 2.45) is 0 Å². The molecular weight excluding hydrogens is 320 g/mol. The lowest BCUT2D eigenvalue weighted by atomic mass is 10.0. The van der Waals surface area contributed by atoms with E-state index in [1.54, 1.807) is 11.8 Å². The smallest absolute Gasteiger partial charge is 0.225 e. The second-order valence-corrected chi connectivity index (χ2v) is 7.11. The van der Waals surface area contributed by atoms with E-state index in [-0.39, 0.29) is 17.9 Å². The molecule has 0 aliphatic carbocycles. The molecule has 1 saturated heterocycles. The maximum Gasteiger partial charge on any atom is 0.225 e. The van der Waals surface area contributed by atoms with Gasteiger partial charge in [0, 0.05) is 31.7 Å². The van der Waals surface area contributed by atoms with Gasteiger partial charge in [-0.25, -0.2) is 0 Å².